The van der Waals surface area contributed by atoms with Crippen LogP contribution in [0.5, 0.6) is 0 Å². The minimum absolute atomic E-state index is 0. The predicted molar refractivity (Wildman–Crippen MR) is 114 cm³/mol. The van der Waals surface area contributed by atoms with E-state index in [4.69, 9.17) is 0 Å². The van der Waals surface area contributed by atoms with Crippen molar-refractivity contribution in [3.05, 3.63) is 47.3 Å². The van der Waals surface area contributed by atoms with Gasteiger partial charge >= 0.3 is 0 Å². The fraction of sp³-hybridized carbons (Fsp3) is 0.500. The lowest BCUT2D eigenvalue weighted by Gasteiger charge is -2.12. The molecule has 1 aromatic carbocycles. The number of halogens is 2. The van der Waals surface area contributed by atoms with Crippen LogP contribution in [0, 0.1) is 12.7 Å². The third-order valence-electron chi connectivity index (χ3n) is 3.96. The maximum Gasteiger partial charge on any atom is 0.191 e. The van der Waals surface area contributed by atoms with E-state index in [0.717, 1.165) is 55.4 Å². The van der Waals surface area contributed by atoms with Crippen LogP contribution in [0.3, 0.4) is 0 Å². The number of aromatic nitrogens is 3. The van der Waals surface area contributed by atoms with Crippen molar-refractivity contribution in [2.24, 2.45) is 4.99 Å². The van der Waals surface area contributed by atoms with Gasteiger partial charge in [0, 0.05) is 32.6 Å². The lowest BCUT2D eigenvalue weighted by atomic mass is 10.1. The second kappa shape index (κ2) is 11.8. The third kappa shape index (κ3) is 6.89. The zero-order valence-corrected chi connectivity index (χ0v) is 18.0. The number of aryl methyl sites for hydroxylation is 2. The van der Waals surface area contributed by atoms with Crippen LogP contribution in [0.25, 0.3) is 0 Å². The Balaban J connectivity index is 0.00000338. The Morgan fingerprint density at radius 1 is 1.27 bits per heavy atom. The Hall–Kier alpha value is -1.71. The van der Waals surface area contributed by atoms with E-state index in [1.165, 1.54) is 6.07 Å². The molecule has 1 heterocycles. The molecule has 1 aromatic heterocycles. The fourth-order valence-electron chi connectivity index (χ4n) is 2.60. The lowest BCUT2D eigenvalue weighted by molar-refractivity contribution is 0.625. The molecule has 2 aromatic rings. The standard InChI is InChI=1S/C18H27FN6.HI/c1-4-17-24-23-13-25(17)11-10-22-18(20-5-2)21-9-8-15-6-7-16(19)12-14(15)3;/h6-7,12-13H,4-5,8-11H2,1-3H3,(H2,20,21,22);1H. The topological polar surface area (TPSA) is 67.1 Å². The number of benzene rings is 1. The zero-order chi connectivity index (χ0) is 18.1. The Kier molecular flexibility index (Phi) is 10.2. The van der Waals surface area contributed by atoms with Gasteiger partial charge < -0.3 is 15.2 Å². The maximum atomic E-state index is 13.1. The third-order valence-corrected chi connectivity index (χ3v) is 3.96. The molecule has 6 nitrogen and oxygen atoms in total. The summed E-state index contributed by atoms with van der Waals surface area (Å²) in [6.45, 7) is 9.01. The first kappa shape index (κ1) is 22.3. The van der Waals surface area contributed by atoms with Gasteiger partial charge in [0.15, 0.2) is 5.96 Å². The molecule has 0 bridgehead atoms. The SMILES string of the molecule is CCNC(=NCCc1ccc(F)cc1C)NCCn1cnnc1CC.I. The van der Waals surface area contributed by atoms with Crippen LogP contribution in [0.1, 0.15) is 30.8 Å². The molecule has 0 amide bonds. The van der Waals surface area contributed by atoms with E-state index in [0.29, 0.717) is 6.54 Å². The van der Waals surface area contributed by atoms with Gasteiger partial charge in [-0.15, -0.1) is 34.2 Å². The highest BCUT2D eigenvalue weighted by Gasteiger charge is 2.03. The summed E-state index contributed by atoms with van der Waals surface area (Å²) >= 11 is 0. The first-order valence-electron chi connectivity index (χ1n) is 8.78. The average Bonchev–Trinajstić information content (AvgIpc) is 3.04. The van der Waals surface area contributed by atoms with Crippen LogP contribution in [0.15, 0.2) is 29.5 Å². The number of nitrogens with zero attached hydrogens (tertiary/aromatic N) is 4. The monoisotopic (exact) mass is 474 g/mol. The number of hydrogen-bond acceptors (Lipinski definition) is 3. The van der Waals surface area contributed by atoms with Gasteiger partial charge in [-0.1, -0.05) is 13.0 Å². The molecule has 0 fully saturated rings. The predicted octanol–water partition coefficient (Wildman–Crippen LogP) is 2.70. The van der Waals surface area contributed by atoms with Gasteiger partial charge in [0.25, 0.3) is 0 Å². The maximum absolute atomic E-state index is 13.1. The minimum Gasteiger partial charge on any atom is -0.357 e. The molecule has 0 unspecified atom stereocenters. The molecular formula is C18H28FIN6. The molecule has 0 aliphatic rings. The van der Waals surface area contributed by atoms with Crippen LogP contribution < -0.4 is 10.6 Å². The number of aliphatic imine (C=N–C) groups is 1. The van der Waals surface area contributed by atoms with Gasteiger partial charge in [-0.25, -0.2) is 4.39 Å². The average molecular weight is 474 g/mol. The van der Waals surface area contributed by atoms with Gasteiger partial charge in [0.05, 0.1) is 0 Å². The Morgan fingerprint density at radius 3 is 2.77 bits per heavy atom. The molecule has 8 heteroatoms. The van der Waals surface area contributed by atoms with Crippen LogP contribution in [0.4, 0.5) is 4.39 Å². The van der Waals surface area contributed by atoms with Crippen molar-refractivity contribution >= 4 is 29.9 Å². The molecule has 2 N–H and O–H groups in total. The van der Waals surface area contributed by atoms with E-state index in [1.807, 2.05) is 24.5 Å². The van der Waals surface area contributed by atoms with E-state index < -0.39 is 0 Å². The van der Waals surface area contributed by atoms with Crippen molar-refractivity contribution in [2.45, 2.75) is 40.2 Å². The molecule has 0 spiro atoms. The van der Waals surface area contributed by atoms with Crippen molar-refractivity contribution in [3.8, 4) is 0 Å². The van der Waals surface area contributed by atoms with Gasteiger partial charge in [0.2, 0.25) is 0 Å². The normalized spacial score (nSPS) is 11.2. The summed E-state index contributed by atoms with van der Waals surface area (Å²) in [6, 6.07) is 4.89. The van der Waals surface area contributed by atoms with Crippen LogP contribution in [0.2, 0.25) is 0 Å². The number of guanidine groups is 1. The van der Waals surface area contributed by atoms with E-state index in [-0.39, 0.29) is 29.8 Å². The molecule has 144 valence electrons. The zero-order valence-electron chi connectivity index (χ0n) is 15.6. The van der Waals surface area contributed by atoms with Crippen LogP contribution in [-0.4, -0.2) is 40.4 Å². The summed E-state index contributed by atoms with van der Waals surface area (Å²) in [5, 5.41) is 14.6. The molecule has 0 radical (unpaired) electrons. The molecular weight excluding hydrogens is 446 g/mol. The second-order valence-electron chi connectivity index (χ2n) is 5.80. The Labute approximate surface area is 171 Å². The van der Waals surface area contributed by atoms with Gasteiger partial charge in [-0.2, -0.15) is 0 Å². The number of hydrogen-bond donors (Lipinski definition) is 2. The molecule has 0 saturated carbocycles. The molecule has 0 aliphatic carbocycles. The summed E-state index contributed by atoms with van der Waals surface area (Å²) in [4.78, 5) is 4.59. The quantitative estimate of drug-likeness (QED) is 0.351. The van der Waals surface area contributed by atoms with Crippen molar-refractivity contribution < 1.29 is 4.39 Å². The summed E-state index contributed by atoms with van der Waals surface area (Å²) in [7, 11) is 0. The highest BCUT2D eigenvalue weighted by molar-refractivity contribution is 14.0. The fourth-order valence-corrected chi connectivity index (χ4v) is 2.60. The van der Waals surface area contributed by atoms with Gasteiger partial charge in [-0.3, -0.25) is 4.99 Å². The Morgan fingerprint density at radius 2 is 2.08 bits per heavy atom. The molecule has 0 aliphatic heterocycles. The van der Waals surface area contributed by atoms with E-state index in [1.54, 1.807) is 12.4 Å². The van der Waals surface area contributed by atoms with Gasteiger partial charge in [-0.05, 0) is 43.5 Å². The summed E-state index contributed by atoms with van der Waals surface area (Å²) in [5.74, 6) is 1.57. The van der Waals surface area contributed by atoms with Crippen molar-refractivity contribution in [1.82, 2.24) is 25.4 Å². The van der Waals surface area contributed by atoms with E-state index in [2.05, 4.69) is 32.7 Å². The van der Waals surface area contributed by atoms with Crippen LogP contribution >= 0.6 is 24.0 Å². The lowest BCUT2D eigenvalue weighted by Crippen LogP contribution is -2.39. The van der Waals surface area contributed by atoms with Gasteiger partial charge in [0.1, 0.15) is 18.0 Å². The molecule has 0 saturated heterocycles. The smallest absolute Gasteiger partial charge is 0.191 e. The Bertz CT molecular complexity index is 701. The van der Waals surface area contributed by atoms with Crippen LogP contribution in [-0.2, 0) is 19.4 Å². The van der Waals surface area contributed by atoms with Crippen molar-refractivity contribution in [2.75, 3.05) is 19.6 Å². The highest BCUT2D eigenvalue weighted by atomic mass is 127. The second-order valence-corrected chi connectivity index (χ2v) is 5.80. The summed E-state index contributed by atoms with van der Waals surface area (Å²) < 4.78 is 15.2. The molecule has 0 atom stereocenters. The van der Waals surface area contributed by atoms with Crippen molar-refractivity contribution in [1.29, 1.82) is 0 Å². The minimum atomic E-state index is -0.194. The molecule has 2 rings (SSSR count). The van der Waals surface area contributed by atoms with Crippen molar-refractivity contribution in [3.63, 3.8) is 0 Å². The van der Waals surface area contributed by atoms with E-state index in [9.17, 15) is 4.39 Å². The first-order valence-corrected chi connectivity index (χ1v) is 8.78. The summed E-state index contributed by atoms with van der Waals surface area (Å²) in [6.07, 6.45) is 3.40. The highest BCUT2D eigenvalue weighted by Crippen LogP contribution is 2.10. The summed E-state index contributed by atoms with van der Waals surface area (Å²) in [5.41, 5.74) is 2.09. The number of nitrogens with one attached hydrogen (secondary N) is 2. The largest absolute Gasteiger partial charge is 0.357 e. The number of rotatable bonds is 8. The molecule has 26 heavy (non-hydrogen) atoms. The van der Waals surface area contributed by atoms with E-state index >= 15 is 0 Å². The first-order chi connectivity index (χ1) is 12.1.